The normalized spacial score (nSPS) is 33.0. The lowest BCUT2D eigenvalue weighted by Crippen LogP contribution is -2.26. The number of carbonyl (C=O) groups excluding carboxylic acids is 2. The fourth-order valence-corrected chi connectivity index (χ4v) is 2.64. The maximum atomic E-state index is 11.1. The molecule has 0 aromatic heterocycles. The van der Waals surface area contributed by atoms with Gasteiger partial charge in [0.05, 0.1) is 0 Å². The quantitative estimate of drug-likeness (QED) is 0.779. The molecule has 2 rings (SSSR count). The Morgan fingerprint density at radius 1 is 0.850 bits per heavy atom. The highest BCUT2D eigenvalue weighted by atomic mass is 16.2. The largest absolute Gasteiger partial charge is 0.317 e. The number of carbonyl (C=O) groups is 2. The summed E-state index contributed by atoms with van der Waals surface area (Å²) in [5.74, 6) is 1.36. The van der Waals surface area contributed by atoms with Crippen molar-refractivity contribution < 1.29 is 9.59 Å². The third-order valence-corrected chi connectivity index (χ3v) is 4.49. The van der Waals surface area contributed by atoms with E-state index in [9.17, 15) is 9.59 Å². The van der Waals surface area contributed by atoms with Gasteiger partial charge in [-0.05, 0) is 38.1 Å². The molecule has 2 aliphatic rings. The second kappa shape index (κ2) is 6.73. The van der Waals surface area contributed by atoms with Crippen LogP contribution in [-0.4, -0.2) is 33.7 Å². The van der Waals surface area contributed by atoms with Crippen LogP contribution >= 0.6 is 0 Å². The Kier molecular flexibility index (Phi) is 5.54. The summed E-state index contributed by atoms with van der Waals surface area (Å²) in [5, 5.41) is 0. The molecule has 0 spiro atoms. The first kappa shape index (κ1) is 16.5. The van der Waals surface area contributed by atoms with Gasteiger partial charge in [-0.25, -0.2) is 0 Å². The number of hydrogen-bond acceptors (Lipinski definition) is 2. The van der Waals surface area contributed by atoms with Crippen LogP contribution in [0.1, 0.15) is 40.5 Å². The summed E-state index contributed by atoms with van der Waals surface area (Å²) in [6, 6.07) is 0.676. The molecule has 0 radical (unpaired) electrons. The van der Waals surface area contributed by atoms with Crippen LogP contribution in [0, 0.1) is 11.8 Å². The first-order valence-electron chi connectivity index (χ1n) is 7.20. The molecule has 0 saturated carbocycles. The first-order valence-corrected chi connectivity index (χ1v) is 7.20. The summed E-state index contributed by atoms with van der Waals surface area (Å²) in [6.45, 7) is 15.5. The van der Waals surface area contributed by atoms with Crippen molar-refractivity contribution in [1.82, 2.24) is 9.80 Å². The number of rotatable bonds is 2. The molecule has 2 aliphatic heterocycles. The topological polar surface area (TPSA) is 40.6 Å². The van der Waals surface area contributed by atoms with Crippen molar-refractivity contribution in [2.75, 3.05) is 0 Å². The molecular formula is C16H26N2O2. The number of nitrogens with zero attached hydrogens (tertiary/aromatic N) is 2. The van der Waals surface area contributed by atoms with Crippen molar-refractivity contribution in [2.24, 2.45) is 11.8 Å². The van der Waals surface area contributed by atoms with E-state index in [2.05, 4.69) is 40.9 Å². The van der Waals surface area contributed by atoms with E-state index in [0.717, 1.165) is 0 Å². The molecule has 2 fully saturated rings. The predicted octanol–water partition coefficient (Wildman–Crippen LogP) is 2.77. The monoisotopic (exact) mass is 278 g/mol. The van der Waals surface area contributed by atoms with E-state index in [0.29, 0.717) is 36.8 Å². The summed E-state index contributed by atoms with van der Waals surface area (Å²) in [4.78, 5) is 25.6. The molecule has 0 N–H and O–H groups in total. The average Bonchev–Trinajstić information content (AvgIpc) is 2.77. The minimum Gasteiger partial charge on any atom is -0.317 e. The van der Waals surface area contributed by atoms with E-state index in [-0.39, 0.29) is 11.8 Å². The Bertz CT molecular complexity index is 367. The number of amides is 2. The fourth-order valence-electron chi connectivity index (χ4n) is 2.64. The highest BCUT2D eigenvalue weighted by Gasteiger charge is 2.32. The minimum atomic E-state index is 0.204. The summed E-state index contributed by atoms with van der Waals surface area (Å²) < 4.78 is 0. The Labute approximate surface area is 122 Å². The molecule has 112 valence electrons. The Morgan fingerprint density at radius 3 is 1.25 bits per heavy atom. The van der Waals surface area contributed by atoms with Gasteiger partial charge in [-0.2, -0.15) is 0 Å². The third kappa shape index (κ3) is 3.30. The molecule has 20 heavy (non-hydrogen) atoms. The fraction of sp³-hybridized carbons (Fsp3) is 0.625. The van der Waals surface area contributed by atoms with Crippen LogP contribution in [0.15, 0.2) is 25.6 Å². The molecule has 2 saturated heterocycles. The van der Waals surface area contributed by atoms with Crippen molar-refractivity contribution in [3.05, 3.63) is 25.6 Å². The molecule has 2 amide bonds. The molecule has 4 atom stereocenters. The van der Waals surface area contributed by atoms with Gasteiger partial charge in [0.15, 0.2) is 0 Å². The molecule has 0 aromatic carbocycles. The highest BCUT2D eigenvalue weighted by Crippen LogP contribution is 2.24. The second-order valence-electron chi connectivity index (χ2n) is 5.81. The van der Waals surface area contributed by atoms with Crippen LogP contribution < -0.4 is 0 Å². The average molecular weight is 278 g/mol. The van der Waals surface area contributed by atoms with Gasteiger partial charge in [0.25, 0.3) is 0 Å². The number of likely N-dealkylation sites (tertiary alicyclic amines) is 2. The van der Waals surface area contributed by atoms with Gasteiger partial charge < -0.3 is 9.80 Å². The van der Waals surface area contributed by atoms with Crippen molar-refractivity contribution >= 4 is 11.8 Å². The standard InChI is InChI=1S/2C8H13NO/c2*1-4-9-7(3)6(2)5-8(9)10/h2*4,6-7H,1,5H2,2-3H3. The van der Waals surface area contributed by atoms with Gasteiger partial charge in [-0.15, -0.1) is 0 Å². The van der Waals surface area contributed by atoms with Crippen LogP contribution in [0.25, 0.3) is 0 Å². The van der Waals surface area contributed by atoms with Crippen LogP contribution in [-0.2, 0) is 9.59 Å². The van der Waals surface area contributed by atoms with Crippen LogP contribution in [0.3, 0.4) is 0 Å². The van der Waals surface area contributed by atoms with Crippen molar-refractivity contribution in [3.8, 4) is 0 Å². The zero-order valence-corrected chi connectivity index (χ0v) is 13.0. The van der Waals surface area contributed by atoms with Crippen molar-refractivity contribution in [3.63, 3.8) is 0 Å². The lowest BCUT2D eigenvalue weighted by atomic mass is 10.1. The van der Waals surface area contributed by atoms with Crippen LogP contribution in [0.4, 0.5) is 0 Å². The summed E-state index contributed by atoms with van der Waals surface area (Å²) in [6.07, 6.45) is 4.59. The van der Waals surface area contributed by atoms with Gasteiger partial charge >= 0.3 is 0 Å². The first-order chi connectivity index (χ1) is 9.33. The van der Waals surface area contributed by atoms with E-state index in [1.165, 1.54) is 0 Å². The van der Waals surface area contributed by atoms with E-state index in [1.54, 1.807) is 22.2 Å². The van der Waals surface area contributed by atoms with Gasteiger partial charge in [0, 0.05) is 24.9 Å². The van der Waals surface area contributed by atoms with Gasteiger partial charge in [-0.1, -0.05) is 27.0 Å². The smallest absolute Gasteiger partial charge is 0.227 e. The SMILES string of the molecule is C=CN1C(=O)CC(C)C1C.C=CN1C(=O)CC(C)C1C. The van der Waals surface area contributed by atoms with Gasteiger partial charge in [0.1, 0.15) is 0 Å². The molecule has 0 aliphatic carbocycles. The predicted molar refractivity (Wildman–Crippen MR) is 80.6 cm³/mol. The zero-order chi connectivity index (χ0) is 15.4. The summed E-state index contributed by atoms with van der Waals surface area (Å²) in [7, 11) is 0. The molecule has 4 heteroatoms. The van der Waals surface area contributed by atoms with Gasteiger partial charge in [-0.3, -0.25) is 9.59 Å². The lowest BCUT2D eigenvalue weighted by molar-refractivity contribution is -0.127. The third-order valence-electron chi connectivity index (χ3n) is 4.49. The van der Waals surface area contributed by atoms with Gasteiger partial charge in [0.2, 0.25) is 11.8 Å². The highest BCUT2D eigenvalue weighted by molar-refractivity contribution is 5.80. The maximum Gasteiger partial charge on any atom is 0.227 e. The van der Waals surface area contributed by atoms with E-state index >= 15 is 0 Å². The summed E-state index contributed by atoms with van der Waals surface area (Å²) >= 11 is 0. The molecule has 4 unspecified atom stereocenters. The molecule has 2 heterocycles. The molecule has 4 nitrogen and oxygen atoms in total. The number of hydrogen-bond donors (Lipinski definition) is 0. The minimum absolute atomic E-state index is 0.204. The van der Waals surface area contributed by atoms with E-state index in [4.69, 9.17) is 0 Å². The Balaban J connectivity index is 0.000000200. The molecular weight excluding hydrogens is 252 g/mol. The van der Waals surface area contributed by atoms with E-state index < -0.39 is 0 Å². The lowest BCUT2D eigenvalue weighted by Gasteiger charge is -2.17. The Morgan fingerprint density at radius 2 is 1.15 bits per heavy atom. The Hall–Kier alpha value is -1.58. The van der Waals surface area contributed by atoms with E-state index in [1.807, 2.05) is 0 Å². The van der Waals surface area contributed by atoms with Crippen molar-refractivity contribution in [1.29, 1.82) is 0 Å². The molecule has 0 aromatic rings. The zero-order valence-electron chi connectivity index (χ0n) is 13.0. The molecule has 0 bridgehead atoms. The maximum absolute atomic E-state index is 11.1. The summed E-state index contributed by atoms with van der Waals surface area (Å²) in [5.41, 5.74) is 0. The van der Waals surface area contributed by atoms with Crippen molar-refractivity contribution in [2.45, 2.75) is 52.6 Å². The van der Waals surface area contributed by atoms with Crippen LogP contribution in [0.5, 0.6) is 0 Å². The van der Waals surface area contributed by atoms with Crippen LogP contribution in [0.2, 0.25) is 0 Å². The second-order valence-corrected chi connectivity index (χ2v) is 5.81.